The van der Waals surface area contributed by atoms with Gasteiger partial charge in [-0.05, 0) is 6.92 Å². The molecule has 2 aromatic heterocycles. The summed E-state index contributed by atoms with van der Waals surface area (Å²) in [5, 5.41) is 0. The standard InChI is InChI=1S/C9H6F3NO2/c1-5-6(14)4-7-13(2-3-15-7)8(5)9(10,11)12/h2-4H,1H3. The third-order valence-corrected chi connectivity index (χ3v) is 2.12. The maximum absolute atomic E-state index is 12.6. The molecule has 2 aromatic rings. The quantitative estimate of drug-likeness (QED) is 0.678. The molecule has 0 aliphatic carbocycles. The monoisotopic (exact) mass is 217 g/mol. The zero-order chi connectivity index (χ0) is 11.2. The predicted molar refractivity (Wildman–Crippen MR) is 45.7 cm³/mol. The maximum Gasteiger partial charge on any atom is 0.432 e. The summed E-state index contributed by atoms with van der Waals surface area (Å²) in [7, 11) is 0. The number of rotatable bonds is 0. The lowest BCUT2D eigenvalue weighted by Crippen LogP contribution is -2.19. The lowest BCUT2D eigenvalue weighted by molar-refractivity contribution is -0.142. The van der Waals surface area contributed by atoms with E-state index in [-0.39, 0.29) is 11.3 Å². The lowest BCUT2D eigenvalue weighted by atomic mass is 10.2. The van der Waals surface area contributed by atoms with Crippen LogP contribution in [0, 0.1) is 6.92 Å². The van der Waals surface area contributed by atoms with E-state index in [0.717, 1.165) is 29.9 Å². The second-order valence-corrected chi connectivity index (χ2v) is 3.09. The van der Waals surface area contributed by atoms with Gasteiger partial charge < -0.3 is 4.42 Å². The molecule has 0 atom stereocenters. The van der Waals surface area contributed by atoms with Crippen molar-refractivity contribution in [2.75, 3.05) is 0 Å². The molecule has 0 N–H and O–H groups in total. The Morgan fingerprint density at radius 2 is 2.07 bits per heavy atom. The van der Waals surface area contributed by atoms with E-state index in [9.17, 15) is 18.0 Å². The van der Waals surface area contributed by atoms with Crippen molar-refractivity contribution in [1.29, 1.82) is 0 Å². The van der Waals surface area contributed by atoms with Gasteiger partial charge >= 0.3 is 6.18 Å². The van der Waals surface area contributed by atoms with Gasteiger partial charge in [-0.2, -0.15) is 13.2 Å². The molecule has 0 aromatic carbocycles. The number of hydrogen-bond acceptors (Lipinski definition) is 2. The zero-order valence-electron chi connectivity index (χ0n) is 7.63. The average molecular weight is 217 g/mol. The Morgan fingerprint density at radius 3 is 2.67 bits per heavy atom. The van der Waals surface area contributed by atoms with Crippen molar-refractivity contribution in [2.24, 2.45) is 0 Å². The summed E-state index contributed by atoms with van der Waals surface area (Å²) in [4.78, 5) is 11.2. The van der Waals surface area contributed by atoms with E-state index in [1.165, 1.54) is 0 Å². The van der Waals surface area contributed by atoms with Crippen molar-refractivity contribution >= 4 is 5.71 Å². The number of nitrogens with zero attached hydrogens (tertiary/aromatic N) is 1. The Kier molecular flexibility index (Phi) is 1.89. The van der Waals surface area contributed by atoms with Crippen molar-refractivity contribution in [3.63, 3.8) is 0 Å². The van der Waals surface area contributed by atoms with Crippen molar-refractivity contribution in [2.45, 2.75) is 13.1 Å². The highest BCUT2D eigenvalue weighted by Gasteiger charge is 2.36. The topological polar surface area (TPSA) is 34.6 Å². The van der Waals surface area contributed by atoms with Crippen LogP contribution in [-0.4, -0.2) is 4.40 Å². The summed E-state index contributed by atoms with van der Waals surface area (Å²) in [5.41, 5.74) is -2.12. The molecule has 2 heterocycles. The van der Waals surface area contributed by atoms with Gasteiger partial charge in [0.05, 0.1) is 0 Å². The Balaban J connectivity index is 2.96. The van der Waals surface area contributed by atoms with E-state index in [4.69, 9.17) is 4.42 Å². The van der Waals surface area contributed by atoms with Crippen molar-refractivity contribution in [1.82, 2.24) is 4.40 Å². The molecule has 0 saturated carbocycles. The van der Waals surface area contributed by atoms with Crippen LogP contribution in [0.1, 0.15) is 11.3 Å². The van der Waals surface area contributed by atoms with Crippen LogP contribution in [0.25, 0.3) is 5.71 Å². The van der Waals surface area contributed by atoms with Crippen LogP contribution in [0.2, 0.25) is 0 Å². The molecular formula is C9H6F3NO2. The van der Waals surface area contributed by atoms with Crippen LogP contribution in [0.3, 0.4) is 0 Å². The molecule has 0 fully saturated rings. The Hall–Kier alpha value is -1.72. The molecule has 6 heteroatoms. The zero-order valence-corrected chi connectivity index (χ0v) is 7.63. The number of hydrogen-bond donors (Lipinski definition) is 0. The number of aromatic nitrogens is 1. The van der Waals surface area contributed by atoms with Gasteiger partial charge in [0.1, 0.15) is 12.0 Å². The fraction of sp³-hybridized carbons (Fsp3) is 0.222. The summed E-state index contributed by atoms with van der Waals surface area (Å²) in [5.74, 6) is 0. The normalized spacial score (nSPS) is 12.3. The number of alkyl halides is 3. The predicted octanol–water partition coefficient (Wildman–Crippen LogP) is 2.22. The van der Waals surface area contributed by atoms with E-state index >= 15 is 0 Å². The molecule has 0 amide bonds. The summed E-state index contributed by atoms with van der Waals surface area (Å²) in [6.45, 7) is 1.14. The highest BCUT2D eigenvalue weighted by Crippen LogP contribution is 2.31. The molecule has 0 unspecified atom stereocenters. The molecule has 2 rings (SSSR count). The maximum atomic E-state index is 12.6. The molecule has 80 valence electrons. The van der Waals surface area contributed by atoms with Crippen LogP contribution in [0.15, 0.2) is 27.7 Å². The molecule has 0 spiro atoms. The van der Waals surface area contributed by atoms with Crippen LogP contribution in [0.5, 0.6) is 0 Å². The summed E-state index contributed by atoms with van der Waals surface area (Å²) < 4.78 is 43.5. The van der Waals surface area contributed by atoms with Gasteiger partial charge in [-0.1, -0.05) is 0 Å². The molecule has 0 radical (unpaired) electrons. The lowest BCUT2D eigenvalue weighted by Gasteiger charge is -2.10. The van der Waals surface area contributed by atoms with E-state index in [1.54, 1.807) is 0 Å². The Labute approximate surface area is 81.7 Å². The number of pyridine rings is 1. The van der Waals surface area contributed by atoms with Crippen LogP contribution in [-0.2, 0) is 6.18 Å². The van der Waals surface area contributed by atoms with Gasteiger partial charge in [-0.15, -0.1) is 0 Å². The highest BCUT2D eigenvalue weighted by atomic mass is 19.4. The van der Waals surface area contributed by atoms with Gasteiger partial charge in [0.15, 0.2) is 5.43 Å². The second-order valence-electron chi connectivity index (χ2n) is 3.09. The van der Waals surface area contributed by atoms with Crippen LogP contribution >= 0.6 is 0 Å². The number of oxazole rings is 1. The van der Waals surface area contributed by atoms with Crippen molar-refractivity contribution < 1.29 is 17.6 Å². The minimum absolute atomic E-state index is 0.113. The first-order valence-corrected chi connectivity index (χ1v) is 4.08. The molecular weight excluding hydrogens is 211 g/mol. The van der Waals surface area contributed by atoms with E-state index < -0.39 is 17.3 Å². The number of fused-ring (bicyclic) bond motifs is 1. The first-order valence-electron chi connectivity index (χ1n) is 4.08. The first-order chi connectivity index (χ1) is 6.91. The first kappa shape index (κ1) is 9.82. The average Bonchev–Trinajstić information content (AvgIpc) is 2.50. The molecule has 0 bridgehead atoms. The fourth-order valence-electron chi connectivity index (χ4n) is 1.45. The second kappa shape index (κ2) is 2.88. The van der Waals surface area contributed by atoms with Gasteiger partial charge in [-0.25, -0.2) is 0 Å². The largest absolute Gasteiger partial charge is 0.446 e. The van der Waals surface area contributed by atoms with Crippen LogP contribution in [0.4, 0.5) is 13.2 Å². The Bertz CT molecular complexity index is 565. The van der Waals surface area contributed by atoms with Crippen LogP contribution < -0.4 is 5.43 Å². The van der Waals surface area contributed by atoms with E-state index in [1.807, 2.05) is 0 Å². The highest BCUT2D eigenvalue weighted by molar-refractivity contribution is 5.40. The minimum atomic E-state index is -4.57. The smallest absolute Gasteiger partial charge is 0.432 e. The summed E-state index contributed by atoms with van der Waals surface area (Å²) >= 11 is 0. The van der Waals surface area contributed by atoms with Gasteiger partial charge in [0.2, 0.25) is 5.71 Å². The van der Waals surface area contributed by atoms with E-state index in [2.05, 4.69) is 0 Å². The van der Waals surface area contributed by atoms with Crippen molar-refractivity contribution in [3.05, 3.63) is 40.0 Å². The third-order valence-electron chi connectivity index (χ3n) is 2.12. The molecule has 0 aliphatic heterocycles. The molecule has 0 saturated heterocycles. The van der Waals surface area contributed by atoms with Crippen molar-refractivity contribution in [3.8, 4) is 0 Å². The Morgan fingerprint density at radius 1 is 1.40 bits per heavy atom. The SMILES string of the molecule is Cc1c(C(F)(F)F)n2ccoc2cc1=O. The summed E-state index contributed by atoms with van der Waals surface area (Å²) in [6.07, 6.45) is -2.34. The van der Waals surface area contributed by atoms with Gasteiger partial charge in [-0.3, -0.25) is 9.20 Å². The molecule has 0 aliphatic rings. The van der Waals surface area contributed by atoms with E-state index in [0.29, 0.717) is 0 Å². The third kappa shape index (κ3) is 1.42. The molecule has 3 nitrogen and oxygen atoms in total. The van der Waals surface area contributed by atoms with Gasteiger partial charge in [0.25, 0.3) is 0 Å². The van der Waals surface area contributed by atoms with Gasteiger partial charge in [0, 0.05) is 17.8 Å². The number of halogens is 3. The molecule has 15 heavy (non-hydrogen) atoms. The fourth-order valence-corrected chi connectivity index (χ4v) is 1.45. The summed E-state index contributed by atoms with van der Waals surface area (Å²) in [6, 6.07) is 1.03. The minimum Gasteiger partial charge on any atom is -0.446 e.